The third kappa shape index (κ3) is 3.72. The first-order valence-corrected chi connectivity index (χ1v) is 8.44. The Labute approximate surface area is 147 Å². The molecule has 0 radical (unpaired) electrons. The zero-order chi connectivity index (χ0) is 17.8. The fourth-order valence-corrected chi connectivity index (χ4v) is 3.39. The molecule has 25 heavy (non-hydrogen) atoms. The number of likely N-dealkylation sites (tertiary alicyclic amines) is 1. The normalized spacial score (nSPS) is 22.5. The van der Waals surface area contributed by atoms with Gasteiger partial charge in [-0.25, -0.2) is 9.38 Å². The van der Waals surface area contributed by atoms with Crippen LogP contribution < -0.4 is 5.32 Å². The number of nitrogens with one attached hydrogen (secondary N) is 1. The van der Waals surface area contributed by atoms with Crippen molar-refractivity contribution in [3.05, 3.63) is 41.0 Å². The quantitative estimate of drug-likeness (QED) is 0.806. The van der Waals surface area contributed by atoms with Gasteiger partial charge in [0.15, 0.2) is 0 Å². The summed E-state index contributed by atoms with van der Waals surface area (Å²) in [6, 6.07) is 4.39. The van der Waals surface area contributed by atoms with Gasteiger partial charge in [-0.2, -0.15) is 0 Å². The molecular formula is C18H24FN5O. The molecule has 0 spiro atoms. The maximum absolute atomic E-state index is 14.0. The minimum absolute atomic E-state index is 0.0170. The fraction of sp³-hybridized carbons (Fsp3) is 0.444. The average molecular weight is 345 g/mol. The highest BCUT2D eigenvalue weighted by Crippen LogP contribution is 2.26. The summed E-state index contributed by atoms with van der Waals surface area (Å²) in [6.45, 7) is 8.87. The summed E-state index contributed by atoms with van der Waals surface area (Å²) in [5.74, 6) is 0.454. The zero-order valence-electron chi connectivity index (χ0n) is 14.5. The van der Waals surface area contributed by atoms with Crippen LogP contribution in [0.4, 0.5) is 4.39 Å². The number of hydrogen-bond acceptors (Lipinski definition) is 6. The van der Waals surface area contributed by atoms with Crippen molar-refractivity contribution in [3.8, 4) is 5.75 Å². The summed E-state index contributed by atoms with van der Waals surface area (Å²) in [6.07, 6.45) is 0. The van der Waals surface area contributed by atoms with Crippen LogP contribution in [0.3, 0.4) is 0 Å². The van der Waals surface area contributed by atoms with E-state index in [1.165, 1.54) is 18.2 Å². The van der Waals surface area contributed by atoms with E-state index in [4.69, 9.17) is 0 Å². The van der Waals surface area contributed by atoms with Crippen molar-refractivity contribution in [3.63, 3.8) is 0 Å². The summed E-state index contributed by atoms with van der Waals surface area (Å²) in [5.41, 5.74) is 2.29. The molecule has 0 bridgehead atoms. The molecule has 2 aliphatic heterocycles. The van der Waals surface area contributed by atoms with E-state index >= 15 is 0 Å². The minimum atomic E-state index is -0.392. The maximum atomic E-state index is 14.0. The van der Waals surface area contributed by atoms with Crippen LogP contribution in [0.15, 0.2) is 39.6 Å². The lowest BCUT2D eigenvalue weighted by Crippen LogP contribution is -2.43. The molecule has 0 aromatic heterocycles. The van der Waals surface area contributed by atoms with E-state index in [0.29, 0.717) is 25.2 Å². The SMILES string of the molecule is C=N/C(=C1/CN(Cc2c(O)cccc2F)CC1=NC)N1CCNCC1. The molecule has 2 N–H and O–H groups in total. The van der Waals surface area contributed by atoms with Gasteiger partial charge in [-0.05, 0) is 18.9 Å². The second kappa shape index (κ2) is 7.76. The molecule has 7 heteroatoms. The number of benzene rings is 1. The number of nitrogens with zero attached hydrogens (tertiary/aromatic N) is 4. The van der Waals surface area contributed by atoms with E-state index in [2.05, 4.69) is 31.8 Å². The smallest absolute Gasteiger partial charge is 0.134 e. The van der Waals surface area contributed by atoms with Crippen LogP contribution in [0.5, 0.6) is 5.75 Å². The summed E-state index contributed by atoms with van der Waals surface area (Å²) < 4.78 is 14.0. The predicted molar refractivity (Wildman–Crippen MR) is 97.7 cm³/mol. The number of aliphatic imine (C=N–C) groups is 2. The Kier molecular flexibility index (Phi) is 5.45. The number of phenolic OH excluding ortho intramolecular Hbond substituents is 1. The van der Waals surface area contributed by atoms with E-state index in [1.54, 1.807) is 7.05 Å². The van der Waals surface area contributed by atoms with Gasteiger partial charge < -0.3 is 15.3 Å². The zero-order valence-corrected chi connectivity index (χ0v) is 14.5. The van der Waals surface area contributed by atoms with Gasteiger partial charge in [0.05, 0.1) is 5.71 Å². The van der Waals surface area contributed by atoms with Crippen molar-refractivity contribution in [2.75, 3.05) is 46.3 Å². The standard InChI is InChI=1S/C18H24FN5O/c1-20-16-12-23(10-13-15(19)4-3-5-17(13)25)11-14(16)18(21-2)24-8-6-22-7-9-24/h3-5,22,25H,2,6-12H2,1H3/b18-14+,20-16?. The Morgan fingerprint density at radius 3 is 2.72 bits per heavy atom. The molecule has 2 heterocycles. The van der Waals surface area contributed by atoms with Crippen molar-refractivity contribution in [1.29, 1.82) is 0 Å². The van der Waals surface area contributed by atoms with Crippen LogP contribution in [-0.4, -0.2) is 73.7 Å². The average Bonchev–Trinajstić information content (AvgIpc) is 3.03. The molecule has 6 nitrogen and oxygen atoms in total. The van der Waals surface area contributed by atoms with Gasteiger partial charge in [-0.3, -0.25) is 9.89 Å². The monoisotopic (exact) mass is 345 g/mol. The largest absolute Gasteiger partial charge is 0.508 e. The number of rotatable bonds is 4. The van der Waals surface area contributed by atoms with Crippen LogP contribution in [0.2, 0.25) is 0 Å². The lowest BCUT2D eigenvalue weighted by atomic mass is 10.1. The summed E-state index contributed by atoms with van der Waals surface area (Å²) in [4.78, 5) is 12.9. The molecule has 1 aromatic rings. The van der Waals surface area contributed by atoms with Gasteiger partial charge in [-0.15, -0.1) is 0 Å². The molecule has 2 fully saturated rings. The van der Waals surface area contributed by atoms with Crippen LogP contribution in [-0.2, 0) is 6.54 Å². The van der Waals surface area contributed by atoms with Crippen molar-refractivity contribution >= 4 is 12.4 Å². The molecule has 0 aliphatic carbocycles. The molecule has 3 rings (SSSR count). The Hall–Kier alpha value is -2.25. The van der Waals surface area contributed by atoms with Crippen molar-refractivity contribution in [2.24, 2.45) is 9.98 Å². The second-order valence-corrected chi connectivity index (χ2v) is 6.25. The molecule has 134 valence electrons. The highest BCUT2D eigenvalue weighted by molar-refractivity contribution is 6.04. The molecule has 1 aromatic carbocycles. The summed E-state index contributed by atoms with van der Waals surface area (Å²) in [7, 11) is 1.76. The fourth-order valence-electron chi connectivity index (χ4n) is 3.39. The van der Waals surface area contributed by atoms with E-state index in [0.717, 1.165) is 43.3 Å². The Morgan fingerprint density at radius 1 is 1.32 bits per heavy atom. The molecule has 0 saturated carbocycles. The highest BCUT2D eigenvalue weighted by atomic mass is 19.1. The number of halogens is 1. The van der Waals surface area contributed by atoms with Crippen molar-refractivity contribution in [1.82, 2.24) is 15.1 Å². The lowest BCUT2D eigenvalue weighted by molar-refractivity contribution is 0.291. The Balaban J connectivity index is 1.84. The molecule has 2 saturated heterocycles. The van der Waals surface area contributed by atoms with E-state index in [-0.39, 0.29) is 5.75 Å². The van der Waals surface area contributed by atoms with Crippen molar-refractivity contribution < 1.29 is 9.50 Å². The van der Waals surface area contributed by atoms with E-state index in [9.17, 15) is 9.50 Å². The minimum Gasteiger partial charge on any atom is -0.508 e. The number of aromatic hydroxyl groups is 1. The summed E-state index contributed by atoms with van der Waals surface area (Å²) >= 11 is 0. The second-order valence-electron chi connectivity index (χ2n) is 6.25. The Bertz CT molecular complexity index is 689. The third-order valence-corrected chi connectivity index (χ3v) is 4.69. The first-order chi connectivity index (χ1) is 12.1. The van der Waals surface area contributed by atoms with Gasteiger partial charge in [0.25, 0.3) is 0 Å². The van der Waals surface area contributed by atoms with E-state index < -0.39 is 5.82 Å². The number of hydrogen-bond donors (Lipinski definition) is 2. The lowest BCUT2D eigenvalue weighted by Gasteiger charge is -2.30. The Morgan fingerprint density at radius 2 is 2.08 bits per heavy atom. The van der Waals surface area contributed by atoms with Gasteiger partial charge in [0.1, 0.15) is 17.4 Å². The number of piperazine rings is 1. The molecule has 0 amide bonds. The predicted octanol–water partition coefficient (Wildman–Crippen LogP) is 1.24. The van der Waals surface area contributed by atoms with Gasteiger partial charge >= 0.3 is 0 Å². The van der Waals surface area contributed by atoms with Crippen LogP contribution in [0.1, 0.15) is 5.56 Å². The van der Waals surface area contributed by atoms with Gasteiger partial charge in [0.2, 0.25) is 0 Å². The van der Waals surface area contributed by atoms with Gasteiger partial charge in [-0.1, -0.05) is 6.07 Å². The molecular weight excluding hydrogens is 321 g/mol. The number of phenols is 1. The van der Waals surface area contributed by atoms with E-state index in [1.807, 2.05) is 0 Å². The summed E-state index contributed by atoms with van der Waals surface area (Å²) in [5, 5.41) is 13.3. The van der Waals surface area contributed by atoms with Crippen molar-refractivity contribution in [2.45, 2.75) is 6.54 Å². The molecule has 2 aliphatic rings. The first-order valence-electron chi connectivity index (χ1n) is 8.44. The molecule has 0 atom stereocenters. The van der Waals surface area contributed by atoms with Crippen LogP contribution in [0, 0.1) is 5.82 Å². The topological polar surface area (TPSA) is 63.5 Å². The van der Waals surface area contributed by atoms with Gasteiger partial charge in [0, 0.05) is 64.0 Å². The first kappa shape index (κ1) is 17.6. The molecule has 0 unspecified atom stereocenters. The van der Waals surface area contributed by atoms with Crippen LogP contribution >= 0.6 is 0 Å². The third-order valence-electron chi connectivity index (χ3n) is 4.69. The van der Waals surface area contributed by atoms with Crippen LogP contribution in [0.25, 0.3) is 0 Å². The maximum Gasteiger partial charge on any atom is 0.134 e. The highest BCUT2D eigenvalue weighted by Gasteiger charge is 2.29.